The Bertz CT molecular complexity index is 804. The number of nitrogens with one attached hydrogen (secondary N) is 1. The van der Waals surface area contributed by atoms with E-state index in [1.807, 2.05) is 25.1 Å². The minimum absolute atomic E-state index is 0. The van der Waals surface area contributed by atoms with Crippen LogP contribution in [0, 0.1) is 5.92 Å². The van der Waals surface area contributed by atoms with E-state index in [4.69, 9.17) is 15.2 Å². The third kappa shape index (κ3) is 6.11. The van der Waals surface area contributed by atoms with Crippen LogP contribution in [0.15, 0.2) is 48.5 Å². The van der Waals surface area contributed by atoms with E-state index >= 15 is 0 Å². The second-order valence-corrected chi connectivity index (χ2v) is 7.43. The molecule has 2 aromatic rings. The summed E-state index contributed by atoms with van der Waals surface area (Å²) in [5.41, 5.74) is 8.57. The second kappa shape index (κ2) is 11.8. The number of nitrogens with zero attached hydrogens (tertiary/aromatic N) is 1. The van der Waals surface area contributed by atoms with Gasteiger partial charge in [0.1, 0.15) is 0 Å². The quantitative estimate of drug-likeness (QED) is 0.635. The van der Waals surface area contributed by atoms with E-state index in [-0.39, 0.29) is 24.9 Å². The zero-order valence-electron chi connectivity index (χ0n) is 17.7. The maximum atomic E-state index is 11.6. The molecular weight excluding hydrogens is 402 g/mol. The Hall–Kier alpha value is -2.28. The maximum Gasteiger partial charge on any atom is 0.257 e. The number of amides is 1. The van der Waals surface area contributed by atoms with Gasteiger partial charge in [0.15, 0.2) is 18.1 Å². The number of hydrogen-bond donors (Lipinski definition) is 2. The number of nitrogens with two attached hydrogens (primary N) is 1. The first-order valence-electron chi connectivity index (χ1n) is 10.2. The van der Waals surface area contributed by atoms with Crippen molar-refractivity contribution < 1.29 is 14.3 Å². The molecule has 7 heteroatoms. The van der Waals surface area contributed by atoms with Gasteiger partial charge < -0.3 is 20.5 Å². The third-order valence-electron chi connectivity index (χ3n) is 5.41. The molecule has 1 saturated heterocycles. The molecule has 164 valence electrons. The summed E-state index contributed by atoms with van der Waals surface area (Å²) in [6.45, 7) is 5.92. The van der Waals surface area contributed by atoms with Crippen LogP contribution in [0.1, 0.15) is 24.0 Å². The van der Waals surface area contributed by atoms with Crippen LogP contribution in [-0.4, -0.2) is 50.7 Å². The molecule has 1 heterocycles. The standard InChI is InChI=1S/C23H31N3O3.ClH/c1-3-25-23(27)16-29-21-10-9-17(11-22(21)28-2)13-26-14-19(12-24)20(15-26)18-7-5-4-6-8-18;/h4-11,19-20H,3,12-16,24H2,1-2H3,(H,25,27);1H/t19-,20+;/m1./s1. The van der Waals surface area contributed by atoms with Gasteiger partial charge in [0.25, 0.3) is 5.91 Å². The minimum atomic E-state index is -0.143. The molecule has 1 aliphatic rings. The van der Waals surface area contributed by atoms with Crippen LogP contribution in [-0.2, 0) is 11.3 Å². The van der Waals surface area contributed by atoms with Crippen molar-refractivity contribution in [2.75, 3.05) is 39.9 Å². The van der Waals surface area contributed by atoms with Gasteiger partial charge in [-0.2, -0.15) is 0 Å². The van der Waals surface area contributed by atoms with Gasteiger partial charge in [0.05, 0.1) is 7.11 Å². The van der Waals surface area contributed by atoms with Crippen molar-refractivity contribution >= 4 is 18.3 Å². The first-order chi connectivity index (χ1) is 14.1. The molecule has 3 N–H and O–H groups in total. The van der Waals surface area contributed by atoms with E-state index in [0.29, 0.717) is 36.4 Å². The van der Waals surface area contributed by atoms with Gasteiger partial charge in [-0.1, -0.05) is 36.4 Å². The molecule has 30 heavy (non-hydrogen) atoms. The van der Waals surface area contributed by atoms with E-state index in [0.717, 1.165) is 25.2 Å². The van der Waals surface area contributed by atoms with E-state index < -0.39 is 0 Å². The van der Waals surface area contributed by atoms with Gasteiger partial charge in [-0.15, -0.1) is 12.4 Å². The number of likely N-dealkylation sites (tertiary alicyclic amines) is 1. The molecule has 0 aliphatic carbocycles. The summed E-state index contributed by atoms with van der Waals surface area (Å²) in [4.78, 5) is 14.1. The fourth-order valence-corrected chi connectivity index (χ4v) is 3.99. The number of ether oxygens (including phenoxy) is 2. The zero-order valence-corrected chi connectivity index (χ0v) is 18.5. The highest BCUT2D eigenvalue weighted by atomic mass is 35.5. The van der Waals surface area contributed by atoms with Crippen molar-refractivity contribution in [2.24, 2.45) is 11.7 Å². The van der Waals surface area contributed by atoms with Crippen molar-refractivity contribution in [1.82, 2.24) is 10.2 Å². The van der Waals surface area contributed by atoms with Gasteiger partial charge >= 0.3 is 0 Å². The Balaban J connectivity index is 0.00000320. The predicted octanol–water partition coefficient (Wildman–Crippen LogP) is 2.81. The molecule has 3 rings (SSSR count). The highest BCUT2D eigenvalue weighted by Gasteiger charge is 2.32. The molecular formula is C23H32ClN3O3. The molecule has 0 radical (unpaired) electrons. The van der Waals surface area contributed by atoms with Crippen molar-refractivity contribution in [3.8, 4) is 11.5 Å². The number of carbonyl (C=O) groups is 1. The van der Waals surface area contributed by atoms with Crippen LogP contribution in [0.3, 0.4) is 0 Å². The van der Waals surface area contributed by atoms with E-state index in [9.17, 15) is 4.79 Å². The lowest BCUT2D eigenvalue weighted by atomic mass is 9.89. The van der Waals surface area contributed by atoms with Gasteiger partial charge in [-0.3, -0.25) is 9.69 Å². The molecule has 6 nitrogen and oxygen atoms in total. The fraction of sp³-hybridized carbons (Fsp3) is 0.435. The molecule has 0 spiro atoms. The molecule has 2 aromatic carbocycles. The lowest BCUT2D eigenvalue weighted by Crippen LogP contribution is -2.28. The van der Waals surface area contributed by atoms with Crippen LogP contribution < -0.4 is 20.5 Å². The van der Waals surface area contributed by atoms with Gasteiger partial charge in [-0.25, -0.2) is 0 Å². The largest absolute Gasteiger partial charge is 0.493 e. The number of benzene rings is 2. The van der Waals surface area contributed by atoms with Crippen molar-refractivity contribution in [3.63, 3.8) is 0 Å². The number of methoxy groups -OCH3 is 1. The highest BCUT2D eigenvalue weighted by Crippen LogP contribution is 2.34. The number of hydrogen-bond acceptors (Lipinski definition) is 5. The maximum absolute atomic E-state index is 11.6. The lowest BCUT2D eigenvalue weighted by Gasteiger charge is -2.18. The lowest BCUT2D eigenvalue weighted by molar-refractivity contribution is -0.123. The molecule has 2 atom stereocenters. The summed E-state index contributed by atoms with van der Waals surface area (Å²) in [5.74, 6) is 1.99. The summed E-state index contributed by atoms with van der Waals surface area (Å²) in [6.07, 6.45) is 0. The average molecular weight is 434 g/mol. The topological polar surface area (TPSA) is 76.8 Å². The zero-order chi connectivity index (χ0) is 20.6. The minimum Gasteiger partial charge on any atom is -0.493 e. The Morgan fingerprint density at radius 2 is 1.93 bits per heavy atom. The van der Waals surface area contributed by atoms with Gasteiger partial charge in [0, 0.05) is 32.1 Å². The number of likely N-dealkylation sites (N-methyl/N-ethyl adjacent to an activating group) is 1. The number of carbonyl (C=O) groups excluding carboxylic acids is 1. The van der Waals surface area contributed by atoms with Gasteiger partial charge in [-0.05, 0) is 42.6 Å². The van der Waals surface area contributed by atoms with Gasteiger partial charge in [0.2, 0.25) is 0 Å². The summed E-state index contributed by atoms with van der Waals surface area (Å²) < 4.78 is 11.1. The van der Waals surface area contributed by atoms with Crippen LogP contribution >= 0.6 is 12.4 Å². The third-order valence-corrected chi connectivity index (χ3v) is 5.41. The monoisotopic (exact) mass is 433 g/mol. The number of halogens is 1. The van der Waals surface area contributed by atoms with E-state index in [1.165, 1.54) is 5.56 Å². The summed E-state index contributed by atoms with van der Waals surface area (Å²) >= 11 is 0. The Labute approximate surface area is 185 Å². The number of rotatable bonds is 9. The van der Waals surface area contributed by atoms with Crippen molar-refractivity contribution in [1.29, 1.82) is 0 Å². The molecule has 0 aromatic heterocycles. The van der Waals surface area contributed by atoms with Crippen LogP contribution in [0.2, 0.25) is 0 Å². The fourth-order valence-electron chi connectivity index (χ4n) is 3.99. The smallest absolute Gasteiger partial charge is 0.257 e. The first-order valence-corrected chi connectivity index (χ1v) is 10.2. The molecule has 0 bridgehead atoms. The Morgan fingerprint density at radius 3 is 2.60 bits per heavy atom. The molecule has 1 aliphatic heterocycles. The highest BCUT2D eigenvalue weighted by molar-refractivity contribution is 5.85. The first kappa shape index (κ1) is 24.0. The SMILES string of the molecule is CCNC(=O)COc1ccc(CN2C[C@@H](CN)[C@H](c3ccccc3)C2)cc1OC.Cl. The van der Waals surface area contributed by atoms with Crippen LogP contribution in [0.4, 0.5) is 0 Å². The van der Waals surface area contributed by atoms with Crippen LogP contribution in [0.5, 0.6) is 11.5 Å². The Morgan fingerprint density at radius 1 is 1.17 bits per heavy atom. The van der Waals surface area contributed by atoms with E-state index in [1.54, 1.807) is 7.11 Å². The summed E-state index contributed by atoms with van der Waals surface area (Å²) in [6, 6.07) is 16.5. The second-order valence-electron chi connectivity index (χ2n) is 7.43. The normalized spacial score (nSPS) is 18.5. The average Bonchev–Trinajstić information content (AvgIpc) is 3.16. The molecule has 0 unspecified atom stereocenters. The van der Waals surface area contributed by atoms with Crippen molar-refractivity contribution in [2.45, 2.75) is 19.4 Å². The molecule has 1 fully saturated rings. The summed E-state index contributed by atoms with van der Waals surface area (Å²) in [7, 11) is 1.61. The predicted molar refractivity (Wildman–Crippen MR) is 121 cm³/mol. The Kier molecular flexibility index (Phi) is 9.43. The van der Waals surface area contributed by atoms with E-state index in [2.05, 4.69) is 40.5 Å². The summed E-state index contributed by atoms with van der Waals surface area (Å²) in [5, 5.41) is 2.72. The molecule has 1 amide bonds. The molecule has 0 saturated carbocycles. The van der Waals surface area contributed by atoms with Crippen LogP contribution in [0.25, 0.3) is 0 Å². The van der Waals surface area contributed by atoms with Crippen molar-refractivity contribution in [3.05, 3.63) is 59.7 Å².